The number of fused-ring (bicyclic) bond motifs is 1. The number of hydrogen-bond acceptors (Lipinski definition) is 8. The summed E-state index contributed by atoms with van der Waals surface area (Å²) in [6, 6.07) is 6.79. The van der Waals surface area contributed by atoms with Gasteiger partial charge in [0, 0.05) is 18.5 Å². The van der Waals surface area contributed by atoms with Crippen molar-refractivity contribution in [2.24, 2.45) is 0 Å². The van der Waals surface area contributed by atoms with Gasteiger partial charge in [-0.2, -0.15) is 0 Å². The van der Waals surface area contributed by atoms with Crippen molar-refractivity contribution in [2.75, 3.05) is 44.4 Å². The van der Waals surface area contributed by atoms with Crippen LogP contribution in [0.1, 0.15) is 10.5 Å². The van der Waals surface area contributed by atoms with E-state index < -0.39 is 11.9 Å². The summed E-state index contributed by atoms with van der Waals surface area (Å²) in [6.07, 6.45) is -0.319. The molecule has 1 saturated heterocycles. The Morgan fingerprint density at radius 3 is 2.79 bits per heavy atom. The topological polar surface area (TPSA) is 114 Å². The second kappa shape index (κ2) is 8.97. The quantitative estimate of drug-likeness (QED) is 0.627. The molecular formula is C18H21N5O5S. The van der Waals surface area contributed by atoms with Gasteiger partial charge < -0.3 is 24.4 Å². The summed E-state index contributed by atoms with van der Waals surface area (Å²) < 4.78 is 16.7. The number of anilines is 1. The van der Waals surface area contributed by atoms with Gasteiger partial charge in [-0.05, 0) is 12.1 Å². The molecule has 1 aromatic carbocycles. The Bertz CT molecular complexity index is 870. The average molecular weight is 419 g/mol. The van der Waals surface area contributed by atoms with Crippen molar-refractivity contribution < 1.29 is 23.8 Å². The van der Waals surface area contributed by atoms with Crippen LogP contribution in [0, 0.1) is 0 Å². The molecule has 2 aliphatic heterocycles. The predicted molar refractivity (Wildman–Crippen MR) is 105 cm³/mol. The van der Waals surface area contributed by atoms with E-state index in [4.69, 9.17) is 14.2 Å². The molecule has 0 radical (unpaired) electrons. The van der Waals surface area contributed by atoms with E-state index in [0.717, 1.165) is 18.2 Å². The van der Waals surface area contributed by atoms with E-state index in [1.165, 1.54) is 11.3 Å². The summed E-state index contributed by atoms with van der Waals surface area (Å²) in [6.45, 7) is 3.33. The van der Waals surface area contributed by atoms with Gasteiger partial charge >= 0.3 is 6.03 Å². The summed E-state index contributed by atoms with van der Waals surface area (Å²) in [5.74, 6) is 0.834. The van der Waals surface area contributed by atoms with E-state index in [0.29, 0.717) is 31.3 Å². The fourth-order valence-electron chi connectivity index (χ4n) is 2.86. The van der Waals surface area contributed by atoms with Crippen LogP contribution < -0.4 is 30.5 Å². The van der Waals surface area contributed by atoms with Gasteiger partial charge in [-0.1, -0.05) is 12.1 Å². The molecule has 3 amide bonds. The maximum Gasteiger partial charge on any atom is 0.333 e. The third-order valence-electron chi connectivity index (χ3n) is 4.35. The summed E-state index contributed by atoms with van der Waals surface area (Å²) in [4.78, 5) is 30.5. The first-order valence-corrected chi connectivity index (χ1v) is 10.1. The van der Waals surface area contributed by atoms with Crippen LogP contribution >= 0.6 is 11.3 Å². The average Bonchev–Trinajstić information content (AvgIpc) is 3.27. The lowest BCUT2D eigenvalue weighted by molar-refractivity contribution is 0.0900. The molecule has 0 bridgehead atoms. The molecule has 0 spiro atoms. The highest BCUT2D eigenvalue weighted by molar-refractivity contribution is 7.13. The summed E-state index contributed by atoms with van der Waals surface area (Å²) in [5.41, 5.74) is 4.91. The first-order chi connectivity index (χ1) is 14.2. The molecule has 4 rings (SSSR count). The molecule has 154 valence electrons. The second-order valence-electron chi connectivity index (χ2n) is 6.40. The molecule has 0 saturated carbocycles. The molecule has 29 heavy (non-hydrogen) atoms. The van der Waals surface area contributed by atoms with Gasteiger partial charge in [-0.15, -0.1) is 11.3 Å². The van der Waals surface area contributed by atoms with Crippen LogP contribution in [0.15, 0.2) is 29.6 Å². The van der Waals surface area contributed by atoms with Crippen LogP contribution in [0.3, 0.4) is 0 Å². The third kappa shape index (κ3) is 4.87. The largest absolute Gasteiger partial charge is 0.486 e. The molecule has 1 aromatic heterocycles. The molecule has 10 nitrogen and oxygen atoms in total. The fourth-order valence-corrected chi connectivity index (χ4v) is 3.72. The Labute approximate surface area is 171 Å². The van der Waals surface area contributed by atoms with Crippen molar-refractivity contribution in [3.05, 3.63) is 35.3 Å². The maximum atomic E-state index is 12.2. The summed E-state index contributed by atoms with van der Waals surface area (Å²) in [5, 5.41) is 5.06. The minimum Gasteiger partial charge on any atom is -0.486 e. The first kappa shape index (κ1) is 19.3. The van der Waals surface area contributed by atoms with Crippen LogP contribution in [0.5, 0.6) is 11.5 Å². The fraction of sp³-hybridized carbons (Fsp3) is 0.389. The highest BCUT2D eigenvalue weighted by Gasteiger charge is 2.21. The van der Waals surface area contributed by atoms with Crippen LogP contribution in [0.4, 0.5) is 9.93 Å². The van der Waals surface area contributed by atoms with Crippen molar-refractivity contribution in [1.82, 2.24) is 21.2 Å². The Kier molecular flexibility index (Phi) is 5.96. The number of para-hydroxylation sites is 2. The molecule has 0 unspecified atom stereocenters. The number of ether oxygens (including phenoxy) is 3. The Hall–Kier alpha value is -3.05. The third-order valence-corrected chi connectivity index (χ3v) is 5.26. The highest BCUT2D eigenvalue weighted by atomic mass is 32.1. The summed E-state index contributed by atoms with van der Waals surface area (Å²) in [7, 11) is 0. The lowest BCUT2D eigenvalue weighted by Crippen LogP contribution is -2.50. The number of benzene rings is 1. The van der Waals surface area contributed by atoms with E-state index in [1.54, 1.807) is 11.4 Å². The SMILES string of the molecule is O=C(NC[C@@H]1COc2ccccc2O1)NNC(=O)c1csc(N2CCOCC2)n1. The molecule has 3 heterocycles. The predicted octanol–water partition coefficient (Wildman–Crippen LogP) is 0.764. The van der Waals surface area contributed by atoms with Gasteiger partial charge in [-0.3, -0.25) is 10.2 Å². The Balaban J connectivity index is 1.20. The monoisotopic (exact) mass is 419 g/mol. The van der Waals surface area contributed by atoms with Gasteiger partial charge in [0.2, 0.25) is 0 Å². The minimum atomic E-state index is -0.551. The van der Waals surface area contributed by atoms with E-state index in [1.807, 2.05) is 18.2 Å². The van der Waals surface area contributed by atoms with Crippen LogP contribution in [-0.4, -0.2) is 62.5 Å². The van der Waals surface area contributed by atoms with Gasteiger partial charge in [0.05, 0.1) is 19.8 Å². The number of aromatic nitrogens is 1. The number of carbonyl (C=O) groups excluding carboxylic acids is 2. The molecule has 1 atom stereocenters. The van der Waals surface area contributed by atoms with Crippen LogP contribution in [-0.2, 0) is 4.74 Å². The van der Waals surface area contributed by atoms with Gasteiger partial charge in [0.1, 0.15) is 12.3 Å². The number of nitrogens with one attached hydrogen (secondary N) is 3. The van der Waals surface area contributed by atoms with Gasteiger partial charge in [-0.25, -0.2) is 15.2 Å². The normalized spacial score (nSPS) is 18.1. The van der Waals surface area contributed by atoms with E-state index >= 15 is 0 Å². The lowest BCUT2D eigenvalue weighted by Gasteiger charge is -2.26. The van der Waals surface area contributed by atoms with Crippen LogP contribution in [0.25, 0.3) is 0 Å². The number of carbonyl (C=O) groups is 2. The smallest absolute Gasteiger partial charge is 0.333 e. The lowest BCUT2D eigenvalue weighted by atomic mass is 10.2. The molecule has 2 aromatic rings. The minimum absolute atomic E-state index is 0.230. The number of hydrazine groups is 1. The van der Waals surface area contributed by atoms with Crippen molar-refractivity contribution in [3.8, 4) is 11.5 Å². The maximum absolute atomic E-state index is 12.2. The number of rotatable bonds is 4. The van der Waals surface area contributed by atoms with Crippen molar-refractivity contribution in [2.45, 2.75) is 6.10 Å². The first-order valence-electron chi connectivity index (χ1n) is 9.20. The number of hydrogen-bond donors (Lipinski definition) is 3. The zero-order chi connectivity index (χ0) is 20.1. The Morgan fingerprint density at radius 2 is 1.97 bits per heavy atom. The van der Waals surface area contributed by atoms with E-state index in [-0.39, 0.29) is 18.3 Å². The number of thiazole rings is 1. The molecule has 11 heteroatoms. The molecule has 2 aliphatic rings. The van der Waals surface area contributed by atoms with E-state index in [9.17, 15) is 9.59 Å². The molecule has 1 fully saturated rings. The standard InChI is InChI=1S/C18H21N5O5S/c24-16(13-11-29-18(20-13)23-5-7-26-8-6-23)21-22-17(25)19-9-12-10-27-14-3-1-2-4-15(14)28-12/h1-4,11-12H,5-10H2,(H,21,24)(H2,19,22,25)/t12-/m1/s1. The van der Waals surface area contributed by atoms with Gasteiger partial charge in [0.25, 0.3) is 5.91 Å². The van der Waals surface area contributed by atoms with Gasteiger partial charge in [0.15, 0.2) is 22.7 Å². The second-order valence-corrected chi connectivity index (χ2v) is 7.24. The summed E-state index contributed by atoms with van der Waals surface area (Å²) >= 11 is 1.38. The zero-order valence-corrected chi connectivity index (χ0v) is 16.4. The number of nitrogens with zero attached hydrogens (tertiary/aromatic N) is 2. The zero-order valence-electron chi connectivity index (χ0n) is 15.6. The number of amides is 3. The van der Waals surface area contributed by atoms with Crippen molar-refractivity contribution >= 4 is 28.4 Å². The number of urea groups is 1. The molecule has 3 N–H and O–H groups in total. The highest BCUT2D eigenvalue weighted by Crippen LogP contribution is 2.30. The Morgan fingerprint density at radius 1 is 1.17 bits per heavy atom. The van der Waals surface area contributed by atoms with E-state index in [2.05, 4.69) is 26.1 Å². The van der Waals surface area contributed by atoms with Crippen molar-refractivity contribution in [1.29, 1.82) is 0 Å². The number of morpholine rings is 1. The van der Waals surface area contributed by atoms with Crippen molar-refractivity contribution in [3.63, 3.8) is 0 Å². The van der Waals surface area contributed by atoms with Crippen LogP contribution in [0.2, 0.25) is 0 Å². The molecular weight excluding hydrogens is 398 g/mol. The molecule has 0 aliphatic carbocycles.